The van der Waals surface area contributed by atoms with Gasteiger partial charge in [0.1, 0.15) is 11.4 Å². The second-order valence-electron chi connectivity index (χ2n) is 4.34. The molecule has 1 amide bonds. The van der Waals surface area contributed by atoms with Crippen molar-refractivity contribution in [1.29, 1.82) is 0 Å². The lowest BCUT2D eigenvalue weighted by molar-refractivity contribution is 0.0930. The summed E-state index contributed by atoms with van der Waals surface area (Å²) in [6, 6.07) is 6.87. The van der Waals surface area contributed by atoms with Crippen molar-refractivity contribution in [2.24, 2.45) is 0 Å². The lowest BCUT2D eigenvalue weighted by atomic mass is 10.3. The Morgan fingerprint density at radius 3 is 3.00 bits per heavy atom. The van der Waals surface area contributed by atoms with Crippen LogP contribution in [0.1, 0.15) is 10.5 Å². The highest BCUT2D eigenvalue weighted by atomic mass is 79.9. The Hall–Kier alpha value is -1.57. The Bertz CT molecular complexity index is 648. The number of benzene rings is 1. The summed E-state index contributed by atoms with van der Waals surface area (Å²) in [5.74, 6) is 0.398. The topological polar surface area (TPSA) is 65.4 Å². The number of carbonyl (C=O) groups excluding carboxylic acids is 1. The van der Waals surface area contributed by atoms with E-state index in [1.165, 1.54) is 4.68 Å². The van der Waals surface area contributed by atoms with Crippen molar-refractivity contribution in [3.8, 4) is 5.75 Å². The number of methoxy groups -OCH3 is 1. The zero-order valence-electron chi connectivity index (χ0n) is 11.9. The number of carbonyl (C=O) groups is 1. The number of ether oxygens (including phenoxy) is 2. The van der Waals surface area contributed by atoms with E-state index in [1.54, 1.807) is 37.6 Å². The number of nitrogens with one attached hydrogen (secondary N) is 1. The van der Waals surface area contributed by atoms with Crippen LogP contribution in [0, 0.1) is 0 Å². The highest BCUT2D eigenvalue weighted by Crippen LogP contribution is 2.28. The zero-order valence-corrected chi connectivity index (χ0v) is 14.2. The molecule has 0 aliphatic carbocycles. The van der Waals surface area contributed by atoms with Crippen LogP contribution >= 0.6 is 27.5 Å². The second kappa shape index (κ2) is 8.17. The van der Waals surface area contributed by atoms with Gasteiger partial charge in [-0.3, -0.25) is 4.79 Å². The van der Waals surface area contributed by atoms with E-state index in [1.807, 2.05) is 0 Å². The average molecular weight is 389 g/mol. The molecule has 1 aromatic carbocycles. The number of hydrogen-bond donors (Lipinski definition) is 1. The largest absolute Gasteiger partial charge is 0.470 e. The molecule has 0 radical (unpaired) electrons. The van der Waals surface area contributed by atoms with Gasteiger partial charge in [-0.05, 0) is 40.2 Å². The van der Waals surface area contributed by atoms with E-state index in [0.29, 0.717) is 29.6 Å². The summed E-state index contributed by atoms with van der Waals surface area (Å²) in [6.45, 7) is 1.09. The SMILES string of the molecule is COCCNC(=O)c1ccn(COc2ccc(Cl)cc2Br)n1. The van der Waals surface area contributed by atoms with E-state index in [9.17, 15) is 4.79 Å². The zero-order chi connectivity index (χ0) is 15.9. The first-order valence-electron chi connectivity index (χ1n) is 6.48. The Labute approximate surface area is 141 Å². The molecule has 2 aromatic rings. The molecule has 118 valence electrons. The third kappa shape index (κ3) is 4.72. The van der Waals surface area contributed by atoms with E-state index >= 15 is 0 Å². The van der Waals surface area contributed by atoms with Gasteiger partial charge in [0.2, 0.25) is 0 Å². The van der Waals surface area contributed by atoms with Crippen LogP contribution in [-0.2, 0) is 11.5 Å². The molecule has 1 heterocycles. The van der Waals surface area contributed by atoms with Crippen LogP contribution in [0.15, 0.2) is 34.9 Å². The first-order chi connectivity index (χ1) is 10.6. The highest BCUT2D eigenvalue weighted by Gasteiger charge is 2.09. The molecule has 6 nitrogen and oxygen atoms in total. The second-order valence-corrected chi connectivity index (χ2v) is 5.63. The van der Waals surface area contributed by atoms with Gasteiger partial charge >= 0.3 is 0 Å². The van der Waals surface area contributed by atoms with Gasteiger partial charge in [0.05, 0.1) is 11.1 Å². The summed E-state index contributed by atoms with van der Waals surface area (Å²) in [7, 11) is 1.58. The van der Waals surface area contributed by atoms with Gasteiger partial charge < -0.3 is 14.8 Å². The molecular formula is C14H15BrClN3O3. The fourth-order valence-electron chi connectivity index (χ4n) is 1.64. The summed E-state index contributed by atoms with van der Waals surface area (Å²) in [5.41, 5.74) is 0.329. The maximum Gasteiger partial charge on any atom is 0.271 e. The van der Waals surface area contributed by atoms with Gasteiger partial charge in [-0.25, -0.2) is 4.68 Å². The first kappa shape index (κ1) is 16.8. The van der Waals surface area contributed by atoms with Gasteiger partial charge in [0, 0.05) is 24.9 Å². The summed E-state index contributed by atoms with van der Waals surface area (Å²) in [5, 5.41) is 7.47. The standard InChI is InChI=1S/C14H15BrClN3O3/c1-21-7-5-17-14(20)12-4-6-19(18-12)9-22-13-3-2-10(16)8-11(13)15/h2-4,6,8H,5,7,9H2,1H3,(H,17,20). The van der Waals surface area contributed by atoms with Crippen molar-refractivity contribution in [2.75, 3.05) is 20.3 Å². The predicted octanol–water partition coefficient (Wildman–Crippen LogP) is 2.71. The summed E-state index contributed by atoms with van der Waals surface area (Å²) >= 11 is 9.24. The summed E-state index contributed by atoms with van der Waals surface area (Å²) in [6.07, 6.45) is 1.68. The fourth-order valence-corrected chi connectivity index (χ4v) is 2.44. The molecule has 8 heteroatoms. The maximum atomic E-state index is 11.8. The van der Waals surface area contributed by atoms with E-state index in [2.05, 4.69) is 26.3 Å². The molecule has 0 atom stereocenters. The molecule has 0 spiro atoms. The van der Waals surface area contributed by atoms with Crippen molar-refractivity contribution < 1.29 is 14.3 Å². The van der Waals surface area contributed by atoms with Gasteiger partial charge in [-0.2, -0.15) is 5.10 Å². The molecule has 0 saturated carbocycles. The van der Waals surface area contributed by atoms with Crippen molar-refractivity contribution in [3.63, 3.8) is 0 Å². The Morgan fingerprint density at radius 2 is 2.27 bits per heavy atom. The minimum absolute atomic E-state index is 0.186. The lowest BCUT2D eigenvalue weighted by Crippen LogP contribution is -2.27. The van der Waals surface area contributed by atoms with Crippen LogP contribution in [0.3, 0.4) is 0 Å². The van der Waals surface area contributed by atoms with E-state index in [-0.39, 0.29) is 12.6 Å². The molecule has 0 aliphatic rings. The number of rotatable bonds is 7. The third-order valence-corrected chi connectivity index (χ3v) is 3.57. The third-order valence-electron chi connectivity index (χ3n) is 2.71. The van der Waals surface area contributed by atoms with Crippen molar-refractivity contribution >= 4 is 33.4 Å². The number of nitrogens with zero attached hydrogens (tertiary/aromatic N) is 2. The summed E-state index contributed by atoms with van der Waals surface area (Å²) < 4.78 is 12.8. The minimum atomic E-state index is -0.247. The van der Waals surface area contributed by atoms with Gasteiger partial charge in [0.15, 0.2) is 6.73 Å². The quantitative estimate of drug-likeness (QED) is 0.741. The highest BCUT2D eigenvalue weighted by molar-refractivity contribution is 9.10. The van der Waals surface area contributed by atoms with Crippen LogP contribution in [0.25, 0.3) is 0 Å². The Balaban J connectivity index is 1.90. The maximum absolute atomic E-state index is 11.8. The molecule has 0 bridgehead atoms. The first-order valence-corrected chi connectivity index (χ1v) is 7.65. The van der Waals surface area contributed by atoms with Crippen LogP contribution in [0.4, 0.5) is 0 Å². The van der Waals surface area contributed by atoms with E-state index < -0.39 is 0 Å². The average Bonchev–Trinajstić information content (AvgIpc) is 2.95. The van der Waals surface area contributed by atoms with Crippen LogP contribution in [0.5, 0.6) is 5.75 Å². The summed E-state index contributed by atoms with van der Waals surface area (Å²) in [4.78, 5) is 11.8. The molecule has 2 rings (SSSR count). The Kier molecular flexibility index (Phi) is 6.23. The fraction of sp³-hybridized carbons (Fsp3) is 0.286. The minimum Gasteiger partial charge on any atom is -0.470 e. The lowest BCUT2D eigenvalue weighted by Gasteiger charge is -2.08. The van der Waals surface area contributed by atoms with E-state index in [0.717, 1.165) is 4.47 Å². The number of aromatic nitrogens is 2. The van der Waals surface area contributed by atoms with Crippen LogP contribution in [-0.4, -0.2) is 35.9 Å². The molecular weight excluding hydrogens is 374 g/mol. The smallest absolute Gasteiger partial charge is 0.271 e. The predicted molar refractivity (Wildman–Crippen MR) is 86.2 cm³/mol. The van der Waals surface area contributed by atoms with Crippen LogP contribution < -0.4 is 10.1 Å². The van der Waals surface area contributed by atoms with Crippen LogP contribution in [0.2, 0.25) is 5.02 Å². The van der Waals surface area contributed by atoms with Crippen molar-refractivity contribution in [1.82, 2.24) is 15.1 Å². The van der Waals surface area contributed by atoms with Gasteiger partial charge in [-0.1, -0.05) is 11.6 Å². The molecule has 0 saturated heterocycles. The molecule has 0 fully saturated rings. The Morgan fingerprint density at radius 1 is 1.45 bits per heavy atom. The van der Waals surface area contributed by atoms with Gasteiger partial charge in [-0.15, -0.1) is 0 Å². The number of amides is 1. The molecule has 0 unspecified atom stereocenters. The van der Waals surface area contributed by atoms with Crippen molar-refractivity contribution in [3.05, 3.63) is 45.7 Å². The normalized spacial score (nSPS) is 10.5. The molecule has 1 aromatic heterocycles. The van der Waals surface area contributed by atoms with Crippen molar-refractivity contribution in [2.45, 2.75) is 6.73 Å². The number of hydrogen-bond acceptors (Lipinski definition) is 4. The molecule has 0 aliphatic heterocycles. The molecule has 22 heavy (non-hydrogen) atoms. The van der Waals surface area contributed by atoms with Gasteiger partial charge in [0.25, 0.3) is 5.91 Å². The molecule has 1 N–H and O–H groups in total. The number of halogens is 2. The van der Waals surface area contributed by atoms with E-state index in [4.69, 9.17) is 21.1 Å². The monoisotopic (exact) mass is 387 g/mol.